The molecule has 0 aliphatic heterocycles. The van der Waals surface area contributed by atoms with E-state index in [1.165, 1.54) is 16.7 Å². The Kier molecular flexibility index (Phi) is 6.35. The first-order valence-corrected chi connectivity index (χ1v) is 10.4. The van der Waals surface area contributed by atoms with Gasteiger partial charge in [-0.3, -0.25) is 4.98 Å². The van der Waals surface area contributed by atoms with Gasteiger partial charge in [-0.15, -0.1) is 0 Å². The Morgan fingerprint density at radius 2 is 1.32 bits per heavy atom. The summed E-state index contributed by atoms with van der Waals surface area (Å²) in [5.41, 5.74) is 8.87. The summed E-state index contributed by atoms with van der Waals surface area (Å²) >= 11 is 0. The fourth-order valence-electron chi connectivity index (χ4n) is 3.59. The Morgan fingerprint density at radius 1 is 0.677 bits per heavy atom. The first-order valence-electron chi connectivity index (χ1n) is 10.4. The van der Waals surface area contributed by atoms with Crippen molar-refractivity contribution in [3.8, 4) is 22.3 Å². The lowest BCUT2D eigenvalue weighted by Gasteiger charge is -2.09. The fourth-order valence-corrected chi connectivity index (χ4v) is 3.59. The smallest absolute Gasteiger partial charge is 0.0346 e. The molecule has 4 rings (SSSR count). The number of pyridine rings is 1. The van der Waals surface area contributed by atoms with Crippen LogP contribution in [-0.2, 0) is 0 Å². The van der Waals surface area contributed by atoms with Gasteiger partial charge < -0.3 is 0 Å². The summed E-state index contributed by atoms with van der Waals surface area (Å²) in [6, 6.07) is 31.5. The molecule has 0 aliphatic carbocycles. The van der Waals surface area contributed by atoms with Gasteiger partial charge in [-0.2, -0.15) is 0 Å². The molecular weight excluding hydrogens is 374 g/mol. The molecule has 150 valence electrons. The van der Waals surface area contributed by atoms with E-state index in [0.29, 0.717) is 0 Å². The number of allylic oxidation sites excluding steroid dienone is 5. The third kappa shape index (κ3) is 4.96. The van der Waals surface area contributed by atoms with Crippen LogP contribution in [0.3, 0.4) is 0 Å². The van der Waals surface area contributed by atoms with Crippen LogP contribution in [0.5, 0.6) is 0 Å². The van der Waals surface area contributed by atoms with E-state index in [1.54, 1.807) is 0 Å². The first kappa shape index (κ1) is 20.3. The zero-order valence-corrected chi connectivity index (χ0v) is 17.7. The van der Waals surface area contributed by atoms with Crippen molar-refractivity contribution >= 4 is 11.1 Å². The summed E-state index contributed by atoms with van der Waals surface area (Å²) in [6.07, 6.45) is 10.1. The Hall–Kier alpha value is -3.97. The third-order valence-corrected chi connectivity index (χ3v) is 5.20. The number of rotatable bonds is 6. The zero-order chi connectivity index (χ0) is 21.5. The second kappa shape index (κ2) is 9.69. The second-order valence-corrected chi connectivity index (χ2v) is 7.40. The Bertz CT molecular complexity index is 1230. The summed E-state index contributed by atoms with van der Waals surface area (Å²) in [6.45, 7) is 6.35. The minimum atomic E-state index is 0.936. The van der Waals surface area contributed by atoms with E-state index in [-0.39, 0.29) is 0 Å². The largest absolute Gasteiger partial charge is 0.263 e. The molecule has 1 heteroatoms. The lowest BCUT2D eigenvalue weighted by Crippen LogP contribution is -1.88. The molecule has 0 aliphatic rings. The maximum Gasteiger partial charge on any atom is 0.0346 e. The van der Waals surface area contributed by atoms with Gasteiger partial charge in [0, 0.05) is 23.5 Å². The van der Waals surface area contributed by atoms with Gasteiger partial charge in [0.15, 0.2) is 0 Å². The molecule has 0 saturated heterocycles. The molecule has 0 saturated carbocycles. The Balaban J connectivity index is 1.66. The highest BCUT2D eigenvalue weighted by molar-refractivity contribution is 5.87. The Morgan fingerprint density at radius 3 is 2.03 bits per heavy atom. The van der Waals surface area contributed by atoms with E-state index in [2.05, 4.69) is 109 Å². The molecular formula is C30H25N. The van der Waals surface area contributed by atoms with Gasteiger partial charge in [0.1, 0.15) is 0 Å². The number of nitrogens with zero attached hydrogens (tertiary/aromatic N) is 1. The summed E-state index contributed by atoms with van der Waals surface area (Å²) < 4.78 is 0. The average Bonchev–Trinajstić information content (AvgIpc) is 2.85. The maximum absolute atomic E-state index is 4.50. The molecule has 3 aromatic carbocycles. The van der Waals surface area contributed by atoms with Gasteiger partial charge >= 0.3 is 0 Å². The molecule has 0 amide bonds. The topological polar surface area (TPSA) is 12.9 Å². The predicted molar refractivity (Wildman–Crippen MR) is 133 cm³/mol. The van der Waals surface area contributed by atoms with Gasteiger partial charge in [-0.1, -0.05) is 97.6 Å². The average molecular weight is 400 g/mol. The molecule has 0 spiro atoms. The van der Waals surface area contributed by atoms with E-state index < -0.39 is 0 Å². The van der Waals surface area contributed by atoms with Crippen molar-refractivity contribution in [3.63, 3.8) is 0 Å². The summed E-state index contributed by atoms with van der Waals surface area (Å²) in [5, 5.41) is 0. The van der Waals surface area contributed by atoms with E-state index in [9.17, 15) is 0 Å². The van der Waals surface area contributed by atoms with E-state index >= 15 is 0 Å². The zero-order valence-electron chi connectivity index (χ0n) is 17.7. The summed E-state index contributed by atoms with van der Waals surface area (Å²) in [7, 11) is 0. The van der Waals surface area contributed by atoms with Gasteiger partial charge in [0.25, 0.3) is 0 Å². The van der Waals surface area contributed by atoms with Crippen LogP contribution >= 0.6 is 0 Å². The predicted octanol–water partition coefficient (Wildman–Crippen LogP) is 8.09. The van der Waals surface area contributed by atoms with Gasteiger partial charge in [-0.05, 0) is 58.5 Å². The molecule has 1 aromatic heterocycles. The molecule has 0 bridgehead atoms. The molecule has 0 N–H and O–H groups in total. The van der Waals surface area contributed by atoms with Crippen molar-refractivity contribution in [1.29, 1.82) is 0 Å². The fraction of sp³-hybridized carbons (Fsp3) is 0.0333. The van der Waals surface area contributed by atoms with Crippen LogP contribution in [0.1, 0.15) is 18.1 Å². The highest BCUT2D eigenvalue weighted by Gasteiger charge is 2.06. The van der Waals surface area contributed by atoms with Crippen molar-refractivity contribution in [1.82, 2.24) is 4.98 Å². The van der Waals surface area contributed by atoms with Crippen LogP contribution < -0.4 is 0 Å². The maximum atomic E-state index is 4.50. The standard InChI is InChI=1S/C30H25N/c1-3-11-26(24-12-6-4-7-13-24)18-23(2)29-20-30(22-31-21-29)28-17-10-16-27(19-28)25-14-8-5-9-15-25/h3-22H,2H2,1H3/b11-3-,26-18+. The number of benzene rings is 3. The van der Waals surface area contributed by atoms with E-state index in [4.69, 9.17) is 0 Å². The second-order valence-electron chi connectivity index (χ2n) is 7.40. The number of hydrogen-bond acceptors (Lipinski definition) is 1. The van der Waals surface area contributed by atoms with Crippen LogP contribution in [0, 0.1) is 0 Å². The first-order chi connectivity index (χ1) is 15.2. The van der Waals surface area contributed by atoms with Crippen LogP contribution in [0.15, 0.2) is 128 Å². The monoisotopic (exact) mass is 399 g/mol. The molecule has 0 unspecified atom stereocenters. The van der Waals surface area contributed by atoms with Crippen LogP contribution in [0.2, 0.25) is 0 Å². The quantitative estimate of drug-likeness (QED) is 0.299. The molecule has 0 radical (unpaired) electrons. The van der Waals surface area contributed by atoms with Crippen molar-refractivity contribution in [2.75, 3.05) is 0 Å². The Labute approximate surface area is 184 Å². The minimum absolute atomic E-state index is 0.936. The minimum Gasteiger partial charge on any atom is -0.263 e. The highest BCUT2D eigenvalue weighted by atomic mass is 14.6. The normalized spacial score (nSPS) is 11.6. The van der Waals surface area contributed by atoms with Crippen molar-refractivity contribution in [3.05, 3.63) is 139 Å². The number of aromatic nitrogens is 1. The van der Waals surface area contributed by atoms with Crippen LogP contribution in [0.4, 0.5) is 0 Å². The highest BCUT2D eigenvalue weighted by Crippen LogP contribution is 2.28. The van der Waals surface area contributed by atoms with Crippen molar-refractivity contribution in [2.45, 2.75) is 6.92 Å². The molecule has 31 heavy (non-hydrogen) atoms. The van der Waals surface area contributed by atoms with Gasteiger partial charge in [0.05, 0.1) is 0 Å². The molecule has 0 fully saturated rings. The summed E-state index contributed by atoms with van der Waals surface area (Å²) in [5.74, 6) is 0. The SMILES string of the molecule is C=C(/C=C(\C=C/C)c1ccccc1)c1cncc(-c2cccc(-c3ccccc3)c2)c1. The van der Waals surface area contributed by atoms with Gasteiger partial charge in [0.2, 0.25) is 0 Å². The van der Waals surface area contributed by atoms with Crippen LogP contribution in [-0.4, -0.2) is 4.98 Å². The lowest BCUT2D eigenvalue weighted by atomic mass is 9.97. The van der Waals surface area contributed by atoms with Gasteiger partial charge in [-0.25, -0.2) is 0 Å². The van der Waals surface area contributed by atoms with E-state index in [0.717, 1.165) is 27.8 Å². The molecule has 4 aromatic rings. The number of hydrogen-bond donors (Lipinski definition) is 0. The van der Waals surface area contributed by atoms with E-state index in [1.807, 2.05) is 31.5 Å². The summed E-state index contributed by atoms with van der Waals surface area (Å²) in [4.78, 5) is 4.50. The molecule has 1 heterocycles. The third-order valence-electron chi connectivity index (χ3n) is 5.20. The lowest BCUT2D eigenvalue weighted by molar-refractivity contribution is 1.31. The van der Waals surface area contributed by atoms with Crippen molar-refractivity contribution in [2.24, 2.45) is 0 Å². The molecule has 0 atom stereocenters. The molecule has 1 nitrogen and oxygen atoms in total. The van der Waals surface area contributed by atoms with Crippen molar-refractivity contribution < 1.29 is 0 Å². The van der Waals surface area contributed by atoms with Crippen LogP contribution in [0.25, 0.3) is 33.4 Å².